The number of hydrogen-bond acceptors (Lipinski definition) is 52. The zero-order chi connectivity index (χ0) is 85.1. The van der Waals surface area contributed by atoms with Crippen molar-refractivity contribution in [2.24, 2.45) is 0 Å². The molecule has 674 valence electrons. The van der Waals surface area contributed by atoms with Crippen LogP contribution in [0.4, 0.5) is 0 Å². The average molecular weight is 1710 g/mol. The van der Waals surface area contributed by atoms with Gasteiger partial charge < -0.3 is 248 Å². The first-order valence-corrected chi connectivity index (χ1v) is 36.9. The molecule has 32 unspecified atom stereocenters. The van der Waals surface area contributed by atoms with Crippen molar-refractivity contribution < 1.29 is 257 Å². The van der Waals surface area contributed by atoms with E-state index in [0.717, 1.165) is 13.8 Å². The van der Waals surface area contributed by atoms with E-state index < -0.39 is 385 Å². The maximum Gasteiger partial charge on any atom is 0.303 e. The normalized spacial score (nSPS) is 51.1. The van der Waals surface area contributed by atoms with Gasteiger partial charge in [0.2, 0.25) is 0 Å². The molecule has 0 saturated carbocycles. The van der Waals surface area contributed by atoms with Crippen LogP contribution in [0.15, 0.2) is 0 Å². The molecule has 52 heteroatoms. The van der Waals surface area contributed by atoms with Crippen LogP contribution in [-0.4, -0.2) is 527 Å². The number of rotatable bonds is 30. The Morgan fingerprint density at radius 1 is 0.241 bits per heavy atom. The maximum absolute atomic E-state index is 12.7. The monoisotopic (exact) mass is 1710 g/mol. The van der Waals surface area contributed by atoms with E-state index in [4.69, 9.17) is 99.5 Å². The second kappa shape index (κ2) is 41.7. The summed E-state index contributed by atoms with van der Waals surface area (Å²) in [6.45, 7) is -8.74. The van der Waals surface area contributed by atoms with Crippen LogP contribution in [0.5, 0.6) is 0 Å². The summed E-state index contributed by atoms with van der Waals surface area (Å²) in [7, 11) is 0. The molecule has 0 aromatic heterocycles. The molecule has 0 aromatic rings. The average Bonchev–Trinajstić information content (AvgIpc) is 0.769. The molecule has 0 aliphatic carbocycles. The summed E-state index contributed by atoms with van der Waals surface area (Å²) >= 11 is 0. The molecular weight excluding hydrogens is 1600 g/mol. The van der Waals surface area contributed by atoms with Gasteiger partial charge in [0.1, 0.15) is 220 Å². The Bertz CT molecular complexity index is 2990. The highest BCUT2D eigenvalue weighted by Crippen LogP contribution is 2.41. The van der Waals surface area contributed by atoms with Crippen molar-refractivity contribution in [3.63, 3.8) is 0 Å². The van der Waals surface area contributed by atoms with Gasteiger partial charge >= 0.3 is 11.9 Å². The summed E-state index contributed by atoms with van der Waals surface area (Å²) in [6.07, 6.45) is -99.0. The van der Waals surface area contributed by atoms with Gasteiger partial charge in [-0.2, -0.15) is 0 Å². The molecule has 0 amide bonds. The Hall–Kier alpha value is -2.98. The predicted octanol–water partition coefficient (Wildman–Crippen LogP) is -20.6. The Morgan fingerprint density at radius 3 is 0.931 bits per heavy atom. The Kier molecular flexibility index (Phi) is 34.2. The molecule has 116 heavy (non-hydrogen) atoms. The van der Waals surface area contributed by atoms with Gasteiger partial charge in [-0.3, -0.25) is 9.59 Å². The van der Waals surface area contributed by atoms with Gasteiger partial charge in [-0.15, -0.1) is 0 Å². The van der Waals surface area contributed by atoms with Crippen LogP contribution in [0.1, 0.15) is 20.3 Å². The zero-order valence-electron chi connectivity index (χ0n) is 61.4. The third kappa shape index (κ3) is 20.5. The van der Waals surface area contributed by atoms with Crippen molar-refractivity contribution in [1.82, 2.24) is 0 Å². The molecule has 10 aliphatic heterocycles. The summed E-state index contributed by atoms with van der Waals surface area (Å²) in [6, 6.07) is 0. The minimum Gasteiger partial charge on any atom is -0.457 e. The number of aliphatic hydroxyl groups excluding tert-OH is 29. The van der Waals surface area contributed by atoms with Crippen LogP contribution in [0, 0.1) is 0 Å². The molecule has 0 aromatic carbocycles. The second-order valence-corrected chi connectivity index (χ2v) is 29.1. The summed E-state index contributed by atoms with van der Waals surface area (Å²) in [5.74, 6) is -2.24. The molecular formula is C64H106O52. The maximum atomic E-state index is 12.7. The van der Waals surface area contributed by atoms with Crippen LogP contribution in [0.25, 0.3) is 0 Å². The van der Waals surface area contributed by atoms with E-state index in [2.05, 4.69) is 0 Å². The lowest BCUT2D eigenvalue weighted by Gasteiger charge is -2.50. The molecule has 10 heterocycles. The van der Waals surface area contributed by atoms with Crippen molar-refractivity contribution in [3.8, 4) is 0 Å². The summed E-state index contributed by atoms with van der Waals surface area (Å²) in [5, 5.41) is 316. The molecule has 10 rings (SSSR count). The number of aliphatic hydroxyl groups is 29. The molecule has 0 spiro atoms. The number of ether oxygens (including phenoxy) is 21. The Morgan fingerprint density at radius 2 is 0.517 bits per heavy atom. The highest BCUT2D eigenvalue weighted by molar-refractivity contribution is 5.66. The number of carbonyl (C=O) groups is 2. The molecule has 10 aliphatic rings. The smallest absolute Gasteiger partial charge is 0.303 e. The fourth-order valence-electron chi connectivity index (χ4n) is 15.0. The fourth-order valence-corrected chi connectivity index (χ4v) is 15.0. The summed E-state index contributed by atoms with van der Waals surface area (Å²) < 4.78 is 120. The van der Waals surface area contributed by atoms with E-state index in [1.54, 1.807) is 0 Å². The lowest BCUT2D eigenvalue weighted by Crippen LogP contribution is -2.69. The van der Waals surface area contributed by atoms with Gasteiger partial charge in [0.25, 0.3) is 0 Å². The minimum absolute atomic E-state index is 0.553. The van der Waals surface area contributed by atoms with E-state index in [0.29, 0.717) is 0 Å². The van der Waals surface area contributed by atoms with Crippen molar-refractivity contribution >= 4 is 11.9 Å². The first-order chi connectivity index (χ1) is 55.0. The largest absolute Gasteiger partial charge is 0.457 e. The first-order valence-electron chi connectivity index (χ1n) is 36.9. The van der Waals surface area contributed by atoms with Crippen LogP contribution in [0.2, 0.25) is 0 Å². The van der Waals surface area contributed by atoms with Gasteiger partial charge in [0.15, 0.2) is 75.1 Å². The van der Waals surface area contributed by atoms with Crippen molar-refractivity contribution in [2.75, 3.05) is 66.1 Å². The van der Waals surface area contributed by atoms with Gasteiger partial charge in [-0.25, -0.2) is 0 Å². The molecule has 0 radical (unpaired) electrons. The van der Waals surface area contributed by atoms with Crippen LogP contribution in [-0.2, 0) is 109 Å². The summed E-state index contributed by atoms with van der Waals surface area (Å²) in [5.41, 5.74) is 0. The van der Waals surface area contributed by atoms with E-state index in [-0.39, 0.29) is 0 Å². The SMILES string of the molecule is CC(=O)O[C@@H]1C(O)[C@H](OC2OC(CO)C(O)C(O)C2O)C(CO)O[C@@H]1OC1C(CO)OC(O[C@@H]2C(CO)O[C@H](OC3C(CO[C@H]4OC(CO)[C@H](O)[C@@H](O)C4O)OC(O[C@@H]4C(CO)O[C@H](O[C@@H]5C(CO)O[C@H](O[C@H]6C(O)C[C@@H](OC7C(CO)OC(O)C(O)C7O)OC6CO)C(O)[C@@H]5OC(C)=O)[C@@H](O)C4O)C(O)C3O)[C@@H](O)C2O)C(O)C1O. The standard InChI is InChI=1S/C64H106O52/c1-14(74)97-54-45(94)63(110-46-16(76)3-27(99-19(46)6-67)109-47-20(7-68)100-56(95)37(86)32(47)81)106-25(12-73)53(54)116-61-42(91)34(83)49(22(9-70)105-61)112-62-43(92)36(85)52(26(108-62)13-96-57-38(87)30(79)28(77)17(4-65)101-57)114-60-40(89)33(82)48(21(8-69)103-60)111-59-41(90)35(84)50(23(10-71)104-59)115-64-55(98-15(2)75)44(93)51(24(11-72)107-64)113-58-39(88)31(80)29(78)18(5-66)102-58/h16-73,76-95H,3-13H2,1-2H3/t16?,17?,18?,19?,20?,21?,22?,23?,24?,25?,26?,27-,28+,29?,30-,31?,32?,33?,34?,35?,36?,37?,38?,39?,40+,41?,42+,43?,44?,45?,46+,47?,48-,49-,50?,51-,52?,53-,54+,55-,56?,57+,58?,59?,60-,61-,62?,63-,64-/m1/s1. The Balaban J connectivity index is 0.803. The third-order valence-electron chi connectivity index (χ3n) is 21.3. The van der Waals surface area contributed by atoms with E-state index in [1.165, 1.54) is 0 Å². The second-order valence-electron chi connectivity index (χ2n) is 29.1. The van der Waals surface area contributed by atoms with E-state index in [9.17, 15) is 158 Å². The van der Waals surface area contributed by atoms with Crippen molar-refractivity contribution in [1.29, 1.82) is 0 Å². The molecule has 49 atom stereocenters. The van der Waals surface area contributed by atoms with E-state index >= 15 is 0 Å². The van der Waals surface area contributed by atoms with Gasteiger partial charge in [-0.05, 0) is 0 Å². The molecule has 10 saturated heterocycles. The number of carbonyl (C=O) groups excluding carboxylic acids is 2. The molecule has 29 N–H and O–H groups in total. The van der Waals surface area contributed by atoms with Gasteiger partial charge in [-0.1, -0.05) is 0 Å². The van der Waals surface area contributed by atoms with Gasteiger partial charge in [0, 0.05) is 20.3 Å². The number of esters is 2. The lowest BCUT2D eigenvalue weighted by molar-refractivity contribution is -0.401. The fraction of sp³-hybridized carbons (Fsp3) is 0.969. The van der Waals surface area contributed by atoms with Crippen LogP contribution < -0.4 is 0 Å². The van der Waals surface area contributed by atoms with Crippen molar-refractivity contribution in [3.05, 3.63) is 0 Å². The Labute approximate surface area is 654 Å². The lowest BCUT2D eigenvalue weighted by atomic mass is 9.95. The highest BCUT2D eigenvalue weighted by Gasteiger charge is 2.61. The zero-order valence-corrected chi connectivity index (χ0v) is 61.4. The predicted molar refractivity (Wildman–Crippen MR) is 347 cm³/mol. The first kappa shape index (κ1) is 95.3. The topological polar surface area (TPSA) is 815 Å². The van der Waals surface area contributed by atoms with Crippen LogP contribution >= 0.6 is 0 Å². The highest BCUT2D eigenvalue weighted by atomic mass is 16.8. The molecule has 10 fully saturated rings. The minimum atomic E-state index is -2.46. The quantitative estimate of drug-likeness (QED) is 0.0297. The summed E-state index contributed by atoms with van der Waals surface area (Å²) in [4.78, 5) is 25.1. The van der Waals surface area contributed by atoms with Crippen LogP contribution in [0.3, 0.4) is 0 Å². The molecule has 0 bridgehead atoms. The van der Waals surface area contributed by atoms with Crippen molar-refractivity contribution in [2.45, 2.75) is 321 Å². The third-order valence-corrected chi connectivity index (χ3v) is 21.3. The number of hydrogen-bond donors (Lipinski definition) is 29. The van der Waals surface area contributed by atoms with Gasteiger partial charge in [0.05, 0.1) is 72.2 Å². The van der Waals surface area contributed by atoms with E-state index in [1.807, 2.05) is 0 Å². The molecule has 52 nitrogen and oxygen atoms in total.